The molecule has 134 valence electrons. The largest absolute Gasteiger partial charge is 0.473 e. The van der Waals surface area contributed by atoms with Gasteiger partial charge in [-0.1, -0.05) is 0 Å². The number of nitrogens with zero attached hydrogens (tertiary/aromatic N) is 5. The predicted molar refractivity (Wildman–Crippen MR) is 88.3 cm³/mol. The quantitative estimate of drug-likeness (QED) is 0.707. The molecule has 10 heteroatoms. The third-order valence-electron chi connectivity index (χ3n) is 4.15. The van der Waals surface area contributed by atoms with E-state index >= 15 is 0 Å². The van der Waals surface area contributed by atoms with Crippen molar-refractivity contribution in [3.63, 3.8) is 0 Å². The first-order chi connectivity index (χ1) is 11.5. The predicted octanol–water partition coefficient (Wildman–Crippen LogP) is -0.427. The van der Waals surface area contributed by atoms with Crippen LogP contribution in [0.25, 0.3) is 0 Å². The van der Waals surface area contributed by atoms with E-state index in [0.29, 0.717) is 38.6 Å². The van der Waals surface area contributed by atoms with Gasteiger partial charge in [0.2, 0.25) is 5.88 Å². The Labute approximate surface area is 142 Å². The molecule has 2 aliphatic rings. The number of morpholine rings is 1. The monoisotopic (exact) mass is 357 g/mol. The van der Waals surface area contributed by atoms with E-state index in [0.717, 1.165) is 18.9 Å². The lowest BCUT2D eigenvalue weighted by molar-refractivity contribution is 0.122. The molecule has 3 heterocycles. The van der Waals surface area contributed by atoms with Crippen molar-refractivity contribution in [3.8, 4) is 5.88 Å². The topological polar surface area (TPSA) is 88.1 Å². The van der Waals surface area contributed by atoms with Gasteiger partial charge in [-0.25, -0.2) is 9.97 Å². The van der Waals surface area contributed by atoms with Crippen LogP contribution in [0.15, 0.2) is 12.4 Å². The van der Waals surface area contributed by atoms with Crippen LogP contribution in [0.4, 0.5) is 5.82 Å². The van der Waals surface area contributed by atoms with Crippen LogP contribution >= 0.6 is 0 Å². The van der Waals surface area contributed by atoms with Gasteiger partial charge in [-0.2, -0.15) is 17.0 Å². The van der Waals surface area contributed by atoms with Gasteiger partial charge in [0, 0.05) is 39.8 Å². The lowest BCUT2D eigenvalue weighted by Crippen LogP contribution is -2.39. The number of ether oxygens (including phenoxy) is 2. The molecule has 0 unspecified atom stereocenters. The van der Waals surface area contributed by atoms with E-state index in [1.165, 1.54) is 29.0 Å². The van der Waals surface area contributed by atoms with Crippen LogP contribution in [0.2, 0.25) is 0 Å². The maximum atomic E-state index is 12.1. The number of hydrogen-bond donors (Lipinski definition) is 0. The van der Waals surface area contributed by atoms with Crippen molar-refractivity contribution in [1.29, 1.82) is 0 Å². The molecule has 3 rings (SSSR count). The Bertz CT molecular complexity index is 663. The zero-order valence-corrected chi connectivity index (χ0v) is 14.8. The van der Waals surface area contributed by atoms with Crippen molar-refractivity contribution in [2.24, 2.45) is 0 Å². The number of anilines is 1. The summed E-state index contributed by atoms with van der Waals surface area (Å²) in [5, 5.41) is 0. The summed E-state index contributed by atoms with van der Waals surface area (Å²) in [4.78, 5) is 10.6. The minimum atomic E-state index is -3.40. The Kier molecular flexibility index (Phi) is 5.18. The Morgan fingerprint density at radius 2 is 2.00 bits per heavy atom. The van der Waals surface area contributed by atoms with E-state index in [-0.39, 0.29) is 6.10 Å². The fourth-order valence-electron chi connectivity index (χ4n) is 2.76. The first-order valence-corrected chi connectivity index (χ1v) is 9.35. The van der Waals surface area contributed by atoms with E-state index in [4.69, 9.17) is 9.47 Å². The molecule has 0 bridgehead atoms. The SMILES string of the molecule is CN(C)S(=O)(=O)N1CC[C@@H](Oc2cc(N3CCOCC3)ncn2)C1. The second kappa shape index (κ2) is 7.18. The molecule has 2 fully saturated rings. The average molecular weight is 357 g/mol. The summed E-state index contributed by atoms with van der Waals surface area (Å²) in [6, 6.07) is 1.80. The van der Waals surface area contributed by atoms with Gasteiger partial charge in [0.15, 0.2) is 0 Å². The van der Waals surface area contributed by atoms with Crippen molar-refractivity contribution in [1.82, 2.24) is 18.6 Å². The smallest absolute Gasteiger partial charge is 0.281 e. The molecule has 1 atom stereocenters. The summed E-state index contributed by atoms with van der Waals surface area (Å²) >= 11 is 0. The molecular weight excluding hydrogens is 334 g/mol. The second-order valence-electron chi connectivity index (χ2n) is 5.99. The Hall–Kier alpha value is -1.49. The summed E-state index contributed by atoms with van der Waals surface area (Å²) in [6.45, 7) is 3.72. The van der Waals surface area contributed by atoms with Gasteiger partial charge >= 0.3 is 0 Å². The Morgan fingerprint density at radius 1 is 1.25 bits per heavy atom. The van der Waals surface area contributed by atoms with Crippen LogP contribution in [-0.4, -0.2) is 86.6 Å². The van der Waals surface area contributed by atoms with E-state index in [2.05, 4.69) is 14.9 Å². The van der Waals surface area contributed by atoms with Crippen molar-refractivity contribution in [3.05, 3.63) is 12.4 Å². The van der Waals surface area contributed by atoms with Crippen LogP contribution in [0, 0.1) is 0 Å². The third kappa shape index (κ3) is 3.77. The molecule has 0 saturated carbocycles. The molecule has 0 aromatic carbocycles. The standard InChI is InChI=1S/C14H23N5O4S/c1-17(2)24(20,21)19-4-3-12(10-19)23-14-9-13(15-11-16-14)18-5-7-22-8-6-18/h9,11-12H,3-8,10H2,1-2H3/t12-/m1/s1. The number of aromatic nitrogens is 2. The Balaban J connectivity index is 1.63. The highest BCUT2D eigenvalue weighted by Crippen LogP contribution is 2.22. The van der Waals surface area contributed by atoms with E-state index < -0.39 is 10.2 Å². The highest BCUT2D eigenvalue weighted by molar-refractivity contribution is 7.86. The molecule has 1 aromatic rings. The molecule has 1 aromatic heterocycles. The van der Waals surface area contributed by atoms with Gasteiger partial charge in [0.25, 0.3) is 10.2 Å². The van der Waals surface area contributed by atoms with Gasteiger partial charge in [0.1, 0.15) is 18.2 Å². The molecular formula is C14H23N5O4S. The highest BCUT2D eigenvalue weighted by atomic mass is 32.2. The van der Waals surface area contributed by atoms with Crippen LogP contribution < -0.4 is 9.64 Å². The number of rotatable bonds is 5. The van der Waals surface area contributed by atoms with Gasteiger partial charge in [0.05, 0.1) is 19.8 Å². The average Bonchev–Trinajstić information content (AvgIpc) is 3.05. The van der Waals surface area contributed by atoms with Gasteiger partial charge in [-0.15, -0.1) is 0 Å². The minimum Gasteiger partial charge on any atom is -0.473 e. The van der Waals surface area contributed by atoms with Crippen molar-refractivity contribution >= 4 is 16.0 Å². The summed E-state index contributed by atoms with van der Waals surface area (Å²) in [7, 11) is -0.335. The van der Waals surface area contributed by atoms with E-state index in [9.17, 15) is 8.42 Å². The van der Waals surface area contributed by atoms with Crippen LogP contribution in [0.1, 0.15) is 6.42 Å². The summed E-state index contributed by atoms with van der Waals surface area (Å²) in [5.74, 6) is 1.28. The zero-order chi connectivity index (χ0) is 17.2. The molecule has 2 aliphatic heterocycles. The van der Waals surface area contributed by atoms with Crippen LogP contribution in [0.5, 0.6) is 5.88 Å². The maximum Gasteiger partial charge on any atom is 0.281 e. The fraction of sp³-hybridized carbons (Fsp3) is 0.714. The minimum absolute atomic E-state index is 0.202. The molecule has 9 nitrogen and oxygen atoms in total. The molecule has 0 N–H and O–H groups in total. The van der Waals surface area contributed by atoms with Gasteiger partial charge in [-0.05, 0) is 6.42 Å². The summed E-state index contributed by atoms with van der Waals surface area (Å²) in [6.07, 6.45) is 1.92. The lowest BCUT2D eigenvalue weighted by Gasteiger charge is -2.27. The first-order valence-electron chi connectivity index (χ1n) is 7.96. The summed E-state index contributed by atoms with van der Waals surface area (Å²) < 4.78 is 38.2. The maximum absolute atomic E-state index is 12.1. The third-order valence-corrected chi connectivity index (χ3v) is 6.05. The normalized spacial score (nSPS) is 23.0. The van der Waals surface area contributed by atoms with Crippen LogP contribution in [0.3, 0.4) is 0 Å². The highest BCUT2D eigenvalue weighted by Gasteiger charge is 2.34. The second-order valence-corrected chi connectivity index (χ2v) is 8.13. The van der Waals surface area contributed by atoms with Crippen molar-refractivity contribution in [2.45, 2.75) is 12.5 Å². The Morgan fingerprint density at radius 3 is 2.71 bits per heavy atom. The van der Waals surface area contributed by atoms with Gasteiger partial charge < -0.3 is 14.4 Å². The van der Waals surface area contributed by atoms with E-state index in [1.807, 2.05) is 0 Å². The molecule has 0 amide bonds. The van der Waals surface area contributed by atoms with Gasteiger partial charge in [-0.3, -0.25) is 0 Å². The zero-order valence-electron chi connectivity index (χ0n) is 14.0. The van der Waals surface area contributed by atoms with E-state index in [1.54, 1.807) is 6.07 Å². The summed E-state index contributed by atoms with van der Waals surface area (Å²) in [5.41, 5.74) is 0. The molecule has 2 saturated heterocycles. The van der Waals surface area contributed by atoms with Crippen molar-refractivity contribution < 1.29 is 17.9 Å². The first kappa shape index (κ1) is 17.3. The molecule has 0 aliphatic carbocycles. The molecule has 24 heavy (non-hydrogen) atoms. The van der Waals surface area contributed by atoms with Crippen LogP contribution in [-0.2, 0) is 14.9 Å². The fourth-order valence-corrected chi connectivity index (χ4v) is 3.92. The number of hydrogen-bond acceptors (Lipinski definition) is 7. The molecule has 0 spiro atoms. The lowest BCUT2D eigenvalue weighted by atomic mass is 10.3. The van der Waals surface area contributed by atoms with Crippen molar-refractivity contribution in [2.75, 3.05) is 58.4 Å². The molecule has 0 radical (unpaired) electrons.